The fourth-order valence-corrected chi connectivity index (χ4v) is 5.45. The van der Waals surface area contributed by atoms with Gasteiger partial charge in [-0.2, -0.15) is 0 Å². The molecule has 42 heavy (non-hydrogen) atoms. The average Bonchev–Trinajstić information content (AvgIpc) is 3.02. The molecule has 3 aromatic rings. The van der Waals surface area contributed by atoms with E-state index in [0.29, 0.717) is 12.4 Å². The molecule has 0 saturated carbocycles. The van der Waals surface area contributed by atoms with Gasteiger partial charge in [0.25, 0.3) is 0 Å². The van der Waals surface area contributed by atoms with E-state index in [0.717, 1.165) is 34.4 Å². The van der Waals surface area contributed by atoms with Crippen molar-refractivity contribution in [2.24, 2.45) is 0 Å². The van der Waals surface area contributed by atoms with E-state index in [1.807, 2.05) is 48.5 Å². The molecule has 4 nitrogen and oxygen atoms in total. The molecule has 0 aliphatic rings. The fourth-order valence-electron chi connectivity index (χ4n) is 5.45. The maximum atomic E-state index is 11.1. The molecule has 0 bridgehead atoms. The zero-order valence-corrected chi connectivity index (χ0v) is 25.8. The number of rotatable bonds is 23. The van der Waals surface area contributed by atoms with Crippen molar-refractivity contribution in [2.75, 3.05) is 13.2 Å². The molecule has 228 valence electrons. The van der Waals surface area contributed by atoms with Gasteiger partial charge in [0.2, 0.25) is 0 Å². The molecule has 0 unspecified atom stereocenters. The van der Waals surface area contributed by atoms with Gasteiger partial charge in [-0.1, -0.05) is 152 Å². The Balaban J connectivity index is 1.40. The first-order valence-electron chi connectivity index (χ1n) is 16.4. The summed E-state index contributed by atoms with van der Waals surface area (Å²) in [5.74, 6) is 0.375. The van der Waals surface area contributed by atoms with Crippen LogP contribution in [0.4, 0.5) is 0 Å². The minimum atomic E-state index is -0.995. The van der Waals surface area contributed by atoms with E-state index in [2.05, 4.69) is 31.2 Å². The van der Waals surface area contributed by atoms with Crippen LogP contribution in [0.25, 0.3) is 22.3 Å². The van der Waals surface area contributed by atoms with Crippen molar-refractivity contribution < 1.29 is 19.4 Å². The summed E-state index contributed by atoms with van der Waals surface area (Å²) >= 11 is 0. The molecular weight excluding hydrogens is 520 g/mol. The zero-order valence-electron chi connectivity index (χ0n) is 25.8. The highest BCUT2D eigenvalue weighted by Crippen LogP contribution is 2.36. The summed E-state index contributed by atoms with van der Waals surface area (Å²) in [5.41, 5.74) is 3.96. The van der Waals surface area contributed by atoms with Crippen LogP contribution in [0.2, 0.25) is 0 Å². The van der Waals surface area contributed by atoms with Crippen LogP contribution in [-0.4, -0.2) is 24.3 Å². The summed E-state index contributed by atoms with van der Waals surface area (Å²) in [6.07, 6.45) is 21.6. The quantitative estimate of drug-likeness (QED) is 0.115. The number of hydrogen-bond acceptors (Lipinski definition) is 3. The lowest BCUT2D eigenvalue weighted by Gasteiger charge is -2.14. The number of hydrogen-bond donors (Lipinski definition) is 1. The highest BCUT2D eigenvalue weighted by atomic mass is 16.5. The molecule has 0 heterocycles. The van der Waals surface area contributed by atoms with Crippen molar-refractivity contribution in [3.05, 3.63) is 72.8 Å². The third-order valence-electron chi connectivity index (χ3n) is 7.83. The number of carboxylic acid groups (broad SMARTS) is 1. The SMILES string of the molecule is CCCCCCCCCCCCCCCCCCOc1cc(-c2ccccc2)cc(-c2ccccc2OCC(=O)O)c1. The van der Waals surface area contributed by atoms with Crippen molar-refractivity contribution in [1.82, 2.24) is 0 Å². The number of ether oxygens (including phenoxy) is 2. The fraction of sp³-hybridized carbons (Fsp3) is 0.500. The summed E-state index contributed by atoms with van der Waals surface area (Å²) in [5, 5.41) is 9.10. The molecule has 1 N–H and O–H groups in total. The van der Waals surface area contributed by atoms with Crippen molar-refractivity contribution in [1.29, 1.82) is 0 Å². The van der Waals surface area contributed by atoms with Gasteiger partial charge in [-0.25, -0.2) is 4.79 Å². The zero-order chi connectivity index (χ0) is 29.7. The van der Waals surface area contributed by atoms with E-state index in [9.17, 15) is 4.79 Å². The topological polar surface area (TPSA) is 55.8 Å². The van der Waals surface area contributed by atoms with E-state index in [-0.39, 0.29) is 6.61 Å². The highest BCUT2D eigenvalue weighted by molar-refractivity contribution is 5.78. The molecule has 3 aromatic carbocycles. The molecule has 0 amide bonds. The minimum Gasteiger partial charge on any atom is -0.494 e. The molecule has 0 fully saturated rings. The lowest BCUT2D eigenvalue weighted by atomic mass is 9.98. The normalized spacial score (nSPS) is 11.0. The third kappa shape index (κ3) is 13.1. The summed E-state index contributed by atoms with van der Waals surface area (Å²) in [6, 6.07) is 24.0. The number of benzene rings is 3. The predicted molar refractivity (Wildman–Crippen MR) is 175 cm³/mol. The molecule has 0 aliphatic heterocycles. The first kappa shape index (κ1) is 33.2. The van der Waals surface area contributed by atoms with E-state index < -0.39 is 5.97 Å². The van der Waals surface area contributed by atoms with Gasteiger partial charge < -0.3 is 14.6 Å². The molecular formula is C38H52O4. The van der Waals surface area contributed by atoms with E-state index in [4.69, 9.17) is 14.6 Å². The Kier molecular flexibility index (Phi) is 16.3. The van der Waals surface area contributed by atoms with Crippen LogP contribution in [0.15, 0.2) is 72.8 Å². The number of carboxylic acids is 1. The molecule has 0 spiro atoms. The highest BCUT2D eigenvalue weighted by Gasteiger charge is 2.12. The lowest BCUT2D eigenvalue weighted by molar-refractivity contribution is -0.139. The standard InChI is InChI=1S/C38H52O4/c1-2-3-4-5-6-7-8-9-10-11-12-13-14-15-16-22-27-41-35-29-33(32-23-18-17-19-24-32)28-34(30-35)36-25-20-21-26-37(36)42-31-38(39)40/h17-21,23-26,28-30H,2-16,22,27,31H2,1H3,(H,39,40). The van der Waals surface area contributed by atoms with Crippen LogP contribution < -0.4 is 9.47 Å². The van der Waals surface area contributed by atoms with Crippen LogP contribution in [0.1, 0.15) is 110 Å². The number of unbranched alkanes of at least 4 members (excludes halogenated alkanes) is 15. The van der Waals surface area contributed by atoms with Gasteiger partial charge in [0.15, 0.2) is 6.61 Å². The number of para-hydroxylation sites is 1. The lowest BCUT2D eigenvalue weighted by Crippen LogP contribution is -2.09. The Morgan fingerprint density at radius 3 is 1.69 bits per heavy atom. The van der Waals surface area contributed by atoms with Gasteiger partial charge in [0, 0.05) is 5.56 Å². The second-order valence-electron chi connectivity index (χ2n) is 11.4. The minimum absolute atomic E-state index is 0.377. The summed E-state index contributed by atoms with van der Waals surface area (Å²) in [4.78, 5) is 11.1. The van der Waals surface area contributed by atoms with Crippen LogP contribution >= 0.6 is 0 Å². The van der Waals surface area contributed by atoms with Crippen LogP contribution in [0.5, 0.6) is 11.5 Å². The van der Waals surface area contributed by atoms with Gasteiger partial charge >= 0.3 is 5.97 Å². The Morgan fingerprint density at radius 1 is 0.571 bits per heavy atom. The van der Waals surface area contributed by atoms with E-state index >= 15 is 0 Å². The van der Waals surface area contributed by atoms with Crippen LogP contribution in [0, 0.1) is 0 Å². The third-order valence-corrected chi connectivity index (χ3v) is 7.83. The second-order valence-corrected chi connectivity index (χ2v) is 11.4. The molecule has 0 aromatic heterocycles. The number of aliphatic carboxylic acids is 1. The Bertz CT molecular complexity index is 1140. The Morgan fingerprint density at radius 2 is 1.10 bits per heavy atom. The van der Waals surface area contributed by atoms with E-state index in [1.54, 1.807) is 0 Å². The predicted octanol–water partition coefficient (Wildman–Crippen LogP) is 11.1. The second kappa shape index (κ2) is 20.6. The van der Waals surface area contributed by atoms with Gasteiger partial charge in [0.05, 0.1) is 6.61 Å². The summed E-state index contributed by atoms with van der Waals surface area (Å²) in [6.45, 7) is 2.59. The smallest absolute Gasteiger partial charge is 0.341 e. The van der Waals surface area contributed by atoms with Gasteiger partial charge in [-0.15, -0.1) is 0 Å². The molecule has 0 aliphatic carbocycles. The van der Waals surface area contributed by atoms with Crippen LogP contribution in [-0.2, 0) is 4.79 Å². The maximum Gasteiger partial charge on any atom is 0.341 e. The largest absolute Gasteiger partial charge is 0.494 e. The van der Waals surface area contributed by atoms with Crippen LogP contribution in [0.3, 0.4) is 0 Å². The Labute approximate surface area is 254 Å². The van der Waals surface area contributed by atoms with Crippen molar-refractivity contribution in [3.63, 3.8) is 0 Å². The molecule has 4 heteroatoms. The summed E-state index contributed by atoms with van der Waals surface area (Å²) < 4.78 is 11.8. The number of carbonyl (C=O) groups is 1. The first-order chi connectivity index (χ1) is 20.7. The van der Waals surface area contributed by atoms with Gasteiger partial charge in [0.1, 0.15) is 11.5 Å². The molecule has 0 radical (unpaired) electrons. The van der Waals surface area contributed by atoms with Crippen molar-refractivity contribution in [3.8, 4) is 33.8 Å². The van der Waals surface area contributed by atoms with Crippen molar-refractivity contribution >= 4 is 5.97 Å². The summed E-state index contributed by atoms with van der Waals surface area (Å²) in [7, 11) is 0. The van der Waals surface area contributed by atoms with Gasteiger partial charge in [-0.3, -0.25) is 0 Å². The monoisotopic (exact) mass is 572 g/mol. The Hall–Kier alpha value is -3.27. The molecule has 3 rings (SSSR count). The van der Waals surface area contributed by atoms with E-state index in [1.165, 1.54) is 96.3 Å². The molecule has 0 atom stereocenters. The molecule has 0 saturated heterocycles. The van der Waals surface area contributed by atoms with Gasteiger partial charge in [-0.05, 0) is 47.4 Å². The first-order valence-corrected chi connectivity index (χ1v) is 16.4. The van der Waals surface area contributed by atoms with Crippen molar-refractivity contribution in [2.45, 2.75) is 110 Å². The maximum absolute atomic E-state index is 11.1. The average molecular weight is 573 g/mol.